The molecule has 1 aromatic carbocycles. The summed E-state index contributed by atoms with van der Waals surface area (Å²) in [5.41, 5.74) is 3.01. The van der Waals surface area contributed by atoms with Gasteiger partial charge in [0.15, 0.2) is 0 Å². The van der Waals surface area contributed by atoms with Crippen LogP contribution in [0.4, 0.5) is 13.2 Å². The molecule has 2 aromatic heterocycles. The van der Waals surface area contributed by atoms with Gasteiger partial charge in [-0.3, -0.25) is 9.11 Å². The van der Waals surface area contributed by atoms with Crippen molar-refractivity contribution < 1.29 is 40.3 Å². The van der Waals surface area contributed by atoms with E-state index in [0.29, 0.717) is 11.2 Å². The molecule has 14 heteroatoms. The van der Waals surface area contributed by atoms with E-state index in [1.807, 2.05) is 13.0 Å². The summed E-state index contributed by atoms with van der Waals surface area (Å²) in [6, 6.07) is 7.65. The number of pyridine rings is 1. The van der Waals surface area contributed by atoms with Crippen molar-refractivity contribution in [2.45, 2.75) is 36.9 Å². The van der Waals surface area contributed by atoms with Gasteiger partial charge in [-0.15, -0.1) is 0 Å². The van der Waals surface area contributed by atoms with Crippen LogP contribution < -0.4 is 0 Å². The molecule has 0 spiro atoms. The maximum absolute atomic E-state index is 13.2. The predicted octanol–water partition coefficient (Wildman–Crippen LogP) is 4.33. The Bertz CT molecular complexity index is 1360. The number of hydrogen-bond donors (Lipinski definition) is 3. The van der Waals surface area contributed by atoms with Gasteiger partial charge in [0.2, 0.25) is 0 Å². The first-order chi connectivity index (χ1) is 16.3. The molecule has 4 rings (SSSR count). The summed E-state index contributed by atoms with van der Waals surface area (Å²) in [6.07, 6.45) is -3.29. The minimum absolute atomic E-state index is 0.0522. The smallest absolute Gasteiger partial charge is 0.345 e. The van der Waals surface area contributed by atoms with Gasteiger partial charge in [0, 0.05) is 23.0 Å². The normalized spacial score (nSPS) is 19.2. The van der Waals surface area contributed by atoms with Gasteiger partial charge in [-0.1, -0.05) is 19.1 Å². The lowest BCUT2D eigenvalue weighted by Gasteiger charge is -2.29. The van der Waals surface area contributed by atoms with E-state index in [-0.39, 0.29) is 16.6 Å². The Balaban J connectivity index is 1.69. The molecule has 1 atom stereocenters. The molecule has 3 aromatic rings. The van der Waals surface area contributed by atoms with Crippen LogP contribution in [-0.2, 0) is 26.1 Å². The number of fused-ring (bicyclic) bond motifs is 1. The topological polar surface area (TPSA) is 133 Å². The number of carbonyl (C=O) groups is 1. The largest absolute Gasteiger partial charge is 0.492 e. The molecule has 0 bridgehead atoms. The van der Waals surface area contributed by atoms with Crippen molar-refractivity contribution in [3.63, 3.8) is 0 Å². The van der Waals surface area contributed by atoms with Crippen LogP contribution in [-0.4, -0.2) is 61.7 Å². The minimum atomic E-state index is -5.45. The molecular weight excluding hydrogens is 511 g/mol. The number of aromatic nitrogens is 2. The zero-order valence-electron chi connectivity index (χ0n) is 18.3. The van der Waals surface area contributed by atoms with Crippen LogP contribution in [0.5, 0.6) is 0 Å². The van der Waals surface area contributed by atoms with Crippen LogP contribution in [0, 0.1) is 0 Å². The highest BCUT2D eigenvalue weighted by atomic mass is 32.3. The fourth-order valence-electron chi connectivity index (χ4n) is 3.85. The number of sulfonamides is 1. The van der Waals surface area contributed by atoms with Crippen LogP contribution in [0.3, 0.4) is 0 Å². The number of benzene rings is 1. The molecule has 1 unspecified atom stereocenters. The van der Waals surface area contributed by atoms with Gasteiger partial charge in [0.25, 0.3) is 10.0 Å². The van der Waals surface area contributed by atoms with E-state index < -0.39 is 49.4 Å². The fraction of sp³-hybridized carbons (Fsp3) is 0.333. The molecule has 0 aliphatic carbocycles. The Morgan fingerprint density at radius 1 is 1.26 bits per heavy atom. The molecule has 0 amide bonds. The van der Waals surface area contributed by atoms with Crippen molar-refractivity contribution in [1.29, 1.82) is 0 Å². The number of rotatable bonds is 6. The van der Waals surface area contributed by atoms with Gasteiger partial charge in [0.1, 0.15) is 5.65 Å². The lowest BCUT2D eigenvalue weighted by atomic mass is 10.0. The second-order valence-electron chi connectivity index (χ2n) is 8.05. The van der Waals surface area contributed by atoms with Crippen LogP contribution >= 0.6 is 10.6 Å². The predicted molar refractivity (Wildman–Crippen MR) is 123 cm³/mol. The summed E-state index contributed by atoms with van der Waals surface area (Å²) in [7, 11) is -7.97. The summed E-state index contributed by atoms with van der Waals surface area (Å²) < 4.78 is 84.6. The Labute approximate surface area is 200 Å². The van der Waals surface area contributed by atoms with Gasteiger partial charge in [-0.25, -0.2) is 18.2 Å². The average Bonchev–Trinajstić information content (AvgIpc) is 3.38. The molecule has 0 saturated carbocycles. The Morgan fingerprint density at radius 2 is 1.94 bits per heavy atom. The van der Waals surface area contributed by atoms with Crippen molar-refractivity contribution in [2.75, 3.05) is 11.5 Å². The van der Waals surface area contributed by atoms with E-state index in [2.05, 4.69) is 14.8 Å². The number of H-pyrrole nitrogens is 1. The highest BCUT2D eigenvalue weighted by Gasteiger charge is 2.48. The first-order valence-corrected chi connectivity index (χ1v) is 13.8. The third kappa shape index (κ3) is 5.16. The van der Waals surface area contributed by atoms with E-state index in [0.717, 1.165) is 23.1 Å². The zero-order chi connectivity index (χ0) is 25.6. The monoisotopic (exact) mass is 533 g/mol. The maximum Gasteiger partial charge on any atom is 0.492 e. The molecular formula is C21H22F3N3O6S2. The van der Waals surface area contributed by atoms with Crippen LogP contribution in [0.1, 0.15) is 19.0 Å². The molecule has 1 fully saturated rings. The molecule has 1 aliphatic heterocycles. The molecule has 35 heavy (non-hydrogen) atoms. The van der Waals surface area contributed by atoms with Crippen LogP contribution in [0.2, 0.25) is 0 Å². The molecule has 1 aliphatic rings. The minimum Gasteiger partial charge on any atom is -0.345 e. The standard InChI is InChI=1S/C21H22F3N3O6S2/c1-2-14-11-18-17(7-9-25-19(18)26-14)13-3-5-16(6-4-13)35(31,32)27(33-20(28)21(22,23)24)15-8-10-34(29,30)12-15/h3-7,9,11,15,29-30H,2,8,10,12H2,1H3,(H,25,26). The van der Waals surface area contributed by atoms with E-state index in [1.54, 1.807) is 12.3 Å². The number of aryl methyl sites for hydroxylation is 1. The Hall–Kier alpha value is -2.65. The lowest BCUT2D eigenvalue weighted by Crippen LogP contribution is -2.45. The van der Waals surface area contributed by atoms with Gasteiger partial charge in [-0.05, 0) is 52.7 Å². The highest BCUT2D eigenvalue weighted by molar-refractivity contribution is 8.24. The third-order valence-electron chi connectivity index (χ3n) is 5.61. The van der Waals surface area contributed by atoms with E-state index >= 15 is 0 Å². The second-order valence-corrected chi connectivity index (χ2v) is 12.2. The van der Waals surface area contributed by atoms with E-state index in [4.69, 9.17) is 0 Å². The quantitative estimate of drug-likeness (QED) is 0.402. The molecule has 3 heterocycles. The Morgan fingerprint density at radius 3 is 2.51 bits per heavy atom. The van der Waals surface area contributed by atoms with Crippen molar-refractivity contribution in [2.24, 2.45) is 0 Å². The number of nitrogens with one attached hydrogen (secondary N) is 1. The van der Waals surface area contributed by atoms with Crippen LogP contribution in [0.25, 0.3) is 22.2 Å². The lowest BCUT2D eigenvalue weighted by molar-refractivity contribution is -0.226. The number of carbonyl (C=O) groups excluding carboxylic acids is 1. The van der Waals surface area contributed by atoms with Crippen molar-refractivity contribution in [3.05, 3.63) is 48.3 Å². The first-order valence-electron chi connectivity index (χ1n) is 10.5. The second kappa shape index (κ2) is 9.09. The number of alkyl halides is 3. The summed E-state index contributed by atoms with van der Waals surface area (Å²) in [5, 5.41) is 0.817. The van der Waals surface area contributed by atoms with Crippen LogP contribution in [0.15, 0.2) is 47.5 Å². The number of nitrogens with zero attached hydrogens (tertiary/aromatic N) is 2. The summed E-state index contributed by atoms with van der Waals surface area (Å²) in [4.78, 5) is 22.8. The molecule has 9 nitrogen and oxygen atoms in total. The average molecular weight is 534 g/mol. The Kier molecular flexibility index (Phi) is 6.61. The number of aromatic amines is 1. The number of hydroxylamine groups is 1. The number of halogens is 3. The maximum atomic E-state index is 13.2. The SMILES string of the molecule is CCc1cc2c(-c3ccc(S(=O)(=O)N(OC(=O)C(F)(F)F)C4CCS(O)(O)C4)cc3)ccnc2[nH]1. The van der Waals surface area contributed by atoms with E-state index in [1.165, 1.54) is 24.3 Å². The highest BCUT2D eigenvalue weighted by Crippen LogP contribution is 2.48. The summed E-state index contributed by atoms with van der Waals surface area (Å²) in [5.74, 6) is -3.49. The van der Waals surface area contributed by atoms with Crippen molar-refractivity contribution in [1.82, 2.24) is 14.4 Å². The molecule has 3 N–H and O–H groups in total. The van der Waals surface area contributed by atoms with Gasteiger partial charge in [0.05, 0.1) is 16.7 Å². The number of hydrogen-bond acceptors (Lipinski definition) is 7. The van der Waals surface area contributed by atoms with Gasteiger partial charge >= 0.3 is 12.1 Å². The fourth-order valence-corrected chi connectivity index (χ4v) is 7.11. The zero-order valence-corrected chi connectivity index (χ0v) is 20.0. The summed E-state index contributed by atoms with van der Waals surface area (Å²) >= 11 is 0. The van der Waals surface area contributed by atoms with Crippen molar-refractivity contribution >= 4 is 37.6 Å². The molecule has 0 radical (unpaired) electrons. The van der Waals surface area contributed by atoms with E-state index in [9.17, 15) is 35.5 Å². The van der Waals surface area contributed by atoms with Crippen molar-refractivity contribution in [3.8, 4) is 11.1 Å². The first kappa shape index (κ1) is 25.4. The van der Waals surface area contributed by atoms with Gasteiger partial charge in [-0.2, -0.15) is 23.8 Å². The summed E-state index contributed by atoms with van der Waals surface area (Å²) in [6.45, 7) is 1.98. The molecule has 1 saturated heterocycles. The van der Waals surface area contributed by atoms with Gasteiger partial charge < -0.3 is 9.82 Å². The molecule has 190 valence electrons. The third-order valence-corrected chi connectivity index (χ3v) is 9.13.